The van der Waals surface area contributed by atoms with Gasteiger partial charge in [-0.1, -0.05) is 6.92 Å². The summed E-state index contributed by atoms with van der Waals surface area (Å²) in [7, 11) is 0. The van der Waals surface area contributed by atoms with E-state index in [2.05, 4.69) is 10.3 Å². The zero-order chi connectivity index (χ0) is 14.5. The van der Waals surface area contributed by atoms with Gasteiger partial charge < -0.3 is 15.8 Å². The molecule has 0 atom stereocenters. The van der Waals surface area contributed by atoms with Crippen LogP contribution in [0.2, 0.25) is 0 Å². The van der Waals surface area contributed by atoms with Crippen LogP contribution in [0.5, 0.6) is 5.75 Å². The number of rotatable bonds is 5. The number of hydrogen-bond acceptors (Lipinski definition) is 4. The fourth-order valence-electron chi connectivity index (χ4n) is 1.56. The van der Waals surface area contributed by atoms with Gasteiger partial charge in [-0.3, -0.25) is 0 Å². The molecule has 3 N–H and O–H groups in total. The Morgan fingerprint density at radius 3 is 2.55 bits per heavy atom. The summed E-state index contributed by atoms with van der Waals surface area (Å²) in [6.45, 7) is 2.65. The van der Waals surface area contributed by atoms with Crippen molar-refractivity contribution in [1.29, 1.82) is 0 Å². The van der Waals surface area contributed by atoms with Gasteiger partial charge in [0.2, 0.25) is 0 Å². The third kappa shape index (κ3) is 3.34. The molecule has 6 heteroatoms. The van der Waals surface area contributed by atoms with Crippen molar-refractivity contribution in [3.05, 3.63) is 42.0 Å². The summed E-state index contributed by atoms with van der Waals surface area (Å²) in [5.41, 5.74) is 5.91. The Bertz CT molecular complexity index is 588. The minimum Gasteiger partial charge on any atom is -0.494 e. The van der Waals surface area contributed by atoms with Gasteiger partial charge in [0.25, 0.3) is 0 Å². The number of nitrogens with one attached hydrogen (secondary N) is 1. The lowest BCUT2D eigenvalue weighted by Crippen LogP contribution is -2.03. The van der Waals surface area contributed by atoms with Gasteiger partial charge in [0, 0.05) is 11.8 Å². The highest BCUT2D eigenvalue weighted by Crippen LogP contribution is 2.22. The molecule has 1 aromatic heterocycles. The Labute approximate surface area is 115 Å². The molecule has 0 fully saturated rings. The van der Waals surface area contributed by atoms with Gasteiger partial charge in [0.1, 0.15) is 5.75 Å². The second kappa shape index (κ2) is 6.18. The summed E-state index contributed by atoms with van der Waals surface area (Å²) in [5.74, 6) is -1.42. The number of pyridine rings is 1. The van der Waals surface area contributed by atoms with Crippen molar-refractivity contribution in [2.75, 3.05) is 17.7 Å². The van der Waals surface area contributed by atoms with E-state index in [9.17, 15) is 8.78 Å². The van der Waals surface area contributed by atoms with Crippen molar-refractivity contribution < 1.29 is 13.5 Å². The minimum absolute atomic E-state index is 0.119. The highest BCUT2D eigenvalue weighted by molar-refractivity contribution is 5.59. The van der Waals surface area contributed by atoms with Crippen LogP contribution in [0.1, 0.15) is 13.3 Å². The van der Waals surface area contributed by atoms with Crippen molar-refractivity contribution in [3.8, 4) is 5.75 Å². The molecule has 0 saturated heterocycles. The first-order valence-corrected chi connectivity index (χ1v) is 6.21. The van der Waals surface area contributed by atoms with Crippen molar-refractivity contribution in [1.82, 2.24) is 4.98 Å². The molecular formula is C14H15F2N3O. The molecule has 0 saturated carbocycles. The molecule has 1 heterocycles. The zero-order valence-corrected chi connectivity index (χ0v) is 11.0. The highest BCUT2D eigenvalue weighted by Gasteiger charge is 2.09. The number of aromatic nitrogens is 1. The molecule has 0 unspecified atom stereocenters. The number of benzene rings is 1. The van der Waals surface area contributed by atoms with Crippen molar-refractivity contribution in [2.45, 2.75) is 13.3 Å². The minimum atomic E-state index is -0.878. The first kappa shape index (κ1) is 14.0. The van der Waals surface area contributed by atoms with E-state index in [4.69, 9.17) is 10.5 Å². The summed E-state index contributed by atoms with van der Waals surface area (Å²) in [4.78, 5) is 3.62. The lowest BCUT2D eigenvalue weighted by molar-refractivity contribution is 0.317. The molecule has 2 aromatic rings. The average molecular weight is 279 g/mol. The fourth-order valence-corrected chi connectivity index (χ4v) is 1.56. The molecule has 1 aromatic carbocycles. The van der Waals surface area contributed by atoms with Crippen molar-refractivity contribution in [3.63, 3.8) is 0 Å². The second-order valence-corrected chi connectivity index (χ2v) is 4.18. The number of halogens is 2. The predicted octanol–water partition coefficient (Wildman–Crippen LogP) is 3.47. The summed E-state index contributed by atoms with van der Waals surface area (Å²) >= 11 is 0. The number of hydrogen-bond donors (Lipinski definition) is 2. The Morgan fingerprint density at radius 1 is 1.20 bits per heavy atom. The SMILES string of the molecule is CCCOc1ccc(Nc2nc(N)c(F)cc2F)cc1. The van der Waals surface area contributed by atoms with Gasteiger partial charge in [0.05, 0.1) is 6.61 Å². The van der Waals surface area contributed by atoms with E-state index in [1.807, 2.05) is 6.92 Å². The van der Waals surface area contributed by atoms with E-state index in [0.717, 1.165) is 12.2 Å². The van der Waals surface area contributed by atoms with Crippen LogP contribution in [0.15, 0.2) is 30.3 Å². The van der Waals surface area contributed by atoms with Gasteiger partial charge >= 0.3 is 0 Å². The number of nitrogens with zero attached hydrogens (tertiary/aromatic N) is 1. The van der Waals surface area contributed by atoms with Crippen LogP contribution in [-0.4, -0.2) is 11.6 Å². The first-order valence-electron chi connectivity index (χ1n) is 6.21. The highest BCUT2D eigenvalue weighted by atomic mass is 19.1. The molecule has 4 nitrogen and oxygen atoms in total. The summed E-state index contributed by atoms with van der Waals surface area (Å²) in [5, 5.41) is 2.74. The predicted molar refractivity (Wildman–Crippen MR) is 74.1 cm³/mol. The quantitative estimate of drug-likeness (QED) is 0.879. The smallest absolute Gasteiger partial charge is 0.169 e. The Morgan fingerprint density at radius 2 is 1.90 bits per heavy atom. The van der Waals surface area contributed by atoms with Gasteiger partial charge in [-0.2, -0.15) is 0 Å². The monoisotopic (exact) mass is 279 g/mol. The largest absolute Gasteiger partial charge is 0.494 e. The van der Waals surface area contributed by atoms with Gasteiger partial charge in [-0.15, -0.1) is 0 Å². The van der Waals surface area contributed by atoms with E-state index in [1.54, 1.807) is 24.3 Å². The molecule has 0 aliphatic heterocycles. The van der Waals surface area contributed by atoms with E-state index < -0.39 is 11.6 Å². The molecular weight excluding hydrogens is 264 g/mol. The van der Waals surface area contributed by atoms with E-state index >= 15 is 0 Å². The zero-order valence-electron chi connectivity index (χ0n) is 11.0. The third-order valence-corrected chi connectivity index (χ3v) is 2.55. The number of ether oxygens (including phenoxy) is 1. The Balaban J connectivity index is 2.12. The maximum absolute atomic E-state index is 13.5. The summed E-state index contributed by atoms with van der Waals surface area (Å²) < 4.78 is 31.9. The van der Waals surface area contributed by atoms with Crippen molar-refractivity contribution in [2.24, 2.45) is 0 Å². The molecule has 0 aliphatic rings. The Hall–Kier alpha value is -2.37. The summed E-state index contributed by atoms with van der Waals surface area (Å²) in [6, 6.07) is 7.63. The lowest BCUT2D eigenvalue weighted by atomic mass is 10.3. The van der Waals surface area contributed by atoms with Crippen LogP contribution in [0.25, 0.3) is 0 Å². The maximum Gasteiger partial charge on any atom is 0.169 e. The van der Waals surface area contributed by atoms with Crippen LogP contribution in [-0.2, 0) is 0 Å². The topological polar surface area (TPSA) is 60.2 Å². The number of nitrogen functional groups attached to an aromatic ring is 1. The van der Waals surface area contributed by atoms with Crippen LogP contribution in [0.4, 0.5) is 26.1 Å². The summed E-state index contributed by atoms with van der Waals surface area (Å²) in [6.07, 6.45) is 0.921. The number of anilines is 3. The molecule has 0 bridgehead atoms. The van der Waals surface area contributed by atoms with E-state index in [1.165, 1.54) is 0 Å². The number of nitrogens with two attached hydrogens (primary N) is 1. The van der Waals surface area contributed by atoms with Crippen LogP contribution >= 0.6 is 0 Å². The van der Waals surface area contributed by atoms with Crippen LogP contribution in [0.3, 0.4) is 0 Å². The molecule has 2 rings (SSSR count). The Kier molecular flexibility index (Phi) is 4.34. The van der Waals surface area contributed by atoms with Gasteiger partial charge in [-0.25, -0.2) is 13.8 Å². The molecule has 0 amide bonds. The molecule has 20 heavy (non-hydrogen) atoms. The normalized spacial score (nSPS) is 10.3. The molecule has 106 valence electrons. The van der Waals surface area contributed by atoms with Crippen molar-refractivity contribution >= 4 is 17.3 Å². The fraction of sp³-hybridized carbons (Fsp3) is 0.214. The third-order valence-electron chi connectivity index (χ3n) is 2.55. The van der Waals surface area contributed by atoms with Gasteiger partial charge in [0.15, 0.2) is 23.3 Å². The average Bonchev–Trinajstić information content (AvgIpc) is 2.44. The van der Waals surface area contributed by atoms with E-state index in [-0.39, 0.29) is 11.6 Å². The van der Waals surface area contributed by atoms with Gasteiger partial charge in [-0.05, 0) is 30.7 Å². The standard InChI is InChI=1S/C14H15F2N3O/c1-2-7-20-10-5-3-9(4-6-10)18-14-12(16)8-11(15)13(17)19-14/h3-6,8H,2,7H2,1H3,(H3,17,18,19). The molecule has 0 spiro atoms. The molecule has 0 radical (unpaired) electrons. The maximum atomic E-state index is 13.5. The first-order chi connectivity index (χ1) is 9.60. The van der Waals surface area contributed by atoms with Crippen LogP contribution < -0.4 is 15.8 Å². The van der Waals surface area contributed by atoms with Crippen LogP contribution in [0, 0.1) is 11.6 Å². The molecule has 0 aliphatic carbocycles. The lowest BCUT2D eigenvalue weighted by Gasteiger charge is -2.09. The van der Waals surface area contributed by atoms with E-state index in [0.29, 0.717) is 18.4 Å². The second-order valence-electron chi connectivity index (χ2n) is 4.18.